The van der Waals surface area contributed by atoms with Crippen molar-refractivity contribution >= 4 is 11.9 Å². The van der Waals surface area contributed by atoms with E-state index >= 15 is 0 Å². The summed E-state index contributed by atoms with van der Waals surface area (Å²) in [5, 5.41) is 16.9. The minimum Gasteiger partial charge on any atom is -0.550 e. The number of hydrogen-bond donors (Lipinski definition) is 1. The molecule has 0 aliphatic carbocycles. The molecule has 5 nitrogen and oxygen atoms in total. The molecule has 0 aliphatic heterocycles. The molecule has 0 amide bonds. The SMILES string of the molecule is O=C([O-])CC(=O)OO.[Na+]. The standard InChI is InChI=1S/C3H4O5.Na/c4-2(5)1-3(6)8-7;/h7H,1H2,(H,4,5);/q;+1/p-1. The van der Waals surface area contributed by atoms with Crippen molar-refractivity contribution in [2.75, 3.05) is 0 Å². The Bertz CT molecular complexity index is 111. The van der Waals surface area contributed by atoms with Gasteiger partial charge in [0, 0.05) is 0 Å². The maximum absolute atomic E-state index is 9.73. The molecule has 0 saturated heterocycles. The molecule has 0 saturated carbocycles. The molecule has 0 unspecified atom stereocenters. The van der Waals surface area contributed by atoms with Gasteiger partial charge in [0.2, 0.25) is 0 Å². The van der Waals surface area contributed by atoms with Gasteiger partial charge in [0.05, 0.1) is 12.4 Å². The van der Waals surface area contributed by atoms with Gasteiger partial charge in [-0.2, -0.15) is 5.26 Å². The zero-order valence-corrected chi connectivity index (χ0v) is 6.79. The Kier molecular flexibility index (Phi) is 7.81. The van der Waals surface area contributed by atoms with Gasteiger partial charge >= 0.3 is 35.5 Å². The quantitative estimate of drug-likeness (QED) is 0.181. The third-order valence-corrected chi connectivity index (χ3v) is 0.390. The summed E-state index contributed by atoms with van der Waals surface area (Å²) in [4.78, 5) is 22.2. The van der Waals surface area contributed by atoms with Crippen LogP contribution in [0.3, 0.4) is 0 Å². The van der Waals surface area contributed by atoms with Gasteiger partial charge in [0.1, 0.15) is 0 Å². The molecule has 1 N–H and O–H groups in total. The zero-order valence-electron chi connectivity index (χ0n) is 4.79. The van der Waals surface area contributed by atoms with Gasteiger partial charge in [-0.05, 0) is 0 Å². The van der Waals surface area contributed by atoms with Gasteiger partial charge in [0.25, 0.3) is 0 Å². The van der Waals surface area contributed by atoms with Crippen LogP contribution in [0.2, 0.25) is 0 Å². The van der Waals surface area contributed by atoms with E-state index in [1.165, 1.54) is 0 Å². The van der Waals surface area contributed by atoms with Crippen molar-refractivity contribution in [2.24, 2.45) is 0 Å². The van der Waals surface area contributed by atoms with Gasteiger partial charge < -0.3 is 14.8 Å². The van der Waals surface area contributed by atoms with Crippen molar-refractivity contribution in [3.05, 3.63) is 0 Å². The van der Waals surface area contributed by atoms with Crippen LogP contribution < -0.4 is 34.7 Å². The number of carboxylic acids is 1. The molecule has 0 aromatic heterocycles. The largest absolute Gasteiger partial charge is 1.00 e. The van der Waals surface area contributed by atoms with E-state index in [-0.39, 0.29) is 29.6 Å². The molecular formula is C3H3NaO5. The fraction of sp³-hybridized carbons (Fsp3) is 0.333. The fourth-order valence-electron chi connectivity index (χ4n) is 0.150. The molecule has 0 aromatic rings. The second kappa shape index (κ2) is 6.03. The Hall–Kier alpha value is -0.100. The molecule has 0 heterocycles. The number of aliphatic carboxylic acids is 1. The molecule has 9 heavy (non-hydrogen) atoms. The predicted molar refractivity (Wildman–Crippen MR) is 18.3 cm³/mol. The van der Waals surface area contributed by atoms with E-state index in [1.807, 2.05) is 0 Å². The smallest absolute Gasteiger partial charge is 0.550 e. The minimum absolute atomic E-state index is 0. The Labute approximate surface area is 72.8 Å². The van der Waals surface area contributed by atoms with Gasteiger partial charge in [-0.3, -0.25) is 0 Å². The van der Waals surface area contributed by atoms with E-state index in [0.29, 0.717) is 0 Å². The van der Waals surface area contributed by atoms with E-state index in [1.54, 1.807) is 0 Å². The molecule has 6 heteroatoms. The van der Waals surface area contributed by atoms with Gasteiger partial charge in [-0.15, -0.1) is 0 Å². The number of carbonyl (C=O) groups excluding carboxylic acids is 2. The third kappa shape index (κ3) is 7.90. The first kappa shape index (κ1) is 11.7. The van der Waals surface area contributed by atoms with Gasteiger partial charge in [0.15, 0.2) is 0 Å². The van der Waals surface area contributed by atoms with Crippen molar-refractivity contribution in [1.82, 2.24) is 0 Å². The third-order valence-electron chi connectivity index (χ3n) is 0.390. The molecule has 0 spiro atoms. The van der Waals surface area contributed by atoms with Crippen LogP contribution in [0.25, 0.3) is 0 Å². The molecular weight excluding hydrogens is 139 g/mol. The van der Waals surface area contributed by atoms with E-state index < -0.39 is 18.4 Å². The Morgan fingerprint density at radius 3 is 2.11 bits per heavy atom. The molecule has 0 atom stereocenters. The monoisotopic (exact) mass is 142 g/mol. The summed E-state index contributed by atoms with van der Waals surface area (Å²) in [6.07, 6.45) is -0.920. The van der Waals surface area contributed by atoms with Gasteiger partial charge in [-0.25, -0.2) is 4.79 Å². The number of carboxylic acid groups (broad SMARTS) is 1. The fourth-order valence-corrected chi connectivity index (χ4v) is 0.150. The van der Waals surface area contributed by atoms with Crippen molar-refractivity contribution < 1.29 is 54.4 Å². The van der Waals surface area contributed by atoms with Crippen molar-refractivity contribution in [1.29, 1.82) is 0 Å². The van der Waals surface area contributed by atoms with E-state index in [2.05, 4.69) is 4.89 Å². The molecule has 0 aromatic carbocycles. The zero-order chi connectivity index (χ0) is 6.57. The molecule has 0 rings (SSSR count). The summed E-state index contributed by atoms with van der Waals surface area (Å²) < 4.78 is 0. The Morgan fingerprint density at radius 2 is 2.00 bits per heavy atom. The average Bonchev–Trinajstić information content (AvgIpc) is 1.65. The average molecular weight is 142 g/mol. The molecule has 46 valence electrons. The minimum atomic E-state index is -1.58. The maximum Gasteiger partial charge on any atom is 1.00 e. The predicted octanol–water partition coefficient (Wildman–Crippen LogP) is -4.85. The molecule has 0 aliphatic rings. The van der Waals surface area contributed by atoms with E-state index in [0.717, 1.165) is 0 Å². The summed E-state index contributed by atoms with van der Waals surface area (Å²) in [7, 11) is 0. The number of carbonyl (C=O) groups is 2. The van der Waals surface area contributed by atoms with Crippen LogP contribution >= 0.6 is 0 Å². The summed E-state index contributed by atoms with van der Waals surface area (Å²) in [6.45, 7) is 0. The maximum atomic E-state index is 9.73. The van der Waals surface area contributed by atoms with Crippen molar-refractivity contribution in [2.45, 2.75) is 6.42 Å². The second-order valence-corrected chi connectivity index (χ2v) is 1.01. The number of hydrogen-bond acceptors (Lipinski definition) is 5. The molecule has 0 fully saturated rings. The van der Waals surface area contributed by atoms with Crippen LogP contribution in [-0.2, 0) is 14.5 Å². The van der Waals surface area contributed by atoms with Crippen LogP contribution in [-0.4, -0.2) is 17.2 Å². The summed E-state index contributed by atoms with van der Waals surface area (Å²) >= 11 is 0. The van der Waals surface area contributed by atoms with Crippen LogP contribution in [0, 0.1) is 0 Å². The Balaban J connectivity index is 0. The van der Waals surface area contributed by atoms with Crippen LogP contribution in [0.5, 0.6) is 0 Å². The van der Waals surface area contributed by atoms with Crippen LogP contribution in [0.1, 0.15) is 6.42 Å². The van der Waals surface area contributed by atoms with E-state index in [4.69, 9.17) is 5.26 Å². The Morgan fingerprint density at radius 1 is 1.56 bits per heavy atom. The van der Waals surface area contributed by atoms with Crippen molar-refractivity contribution in [3.63, 3.8) is 0 Å². The first-order valence-electron chi connectivity index (χ1n) is 1.71. The topological polar surface area (TPSA) is 86.7 Å². The normalized spacial score (nSPS) is 7.22. The van der Waals surface area contributed by atoms with Gasteiger partial charge in [-0.1, -0.05) is 0 Å². The van der Waals surface area contributed by atoms with Crippen molar-refractivity contribution in [3.8, 4) is 0 Å². The first-order valence-corrected chi connectivity index (χ1v) is 1.71. The summed E-state index contributed by atoms with van der Waals surface area (Å²) in [5.41, 5.74) is 0. The number of rotatable bonds is 2. The first-order chi connectivity index (χ1) is 3.66. The summed E-state index contributed by atoms with van der Waals surface area (Å²) in [6, 6.07) is 0. The summed E-state index contributed by atoms with van der Waals surface area (Å²) in [5.74, 6) is -2.81. The van der Waals surface area contributed by atoms with E-state index in [9.17, 15) is 14.7 Å². The molecule has 0 bridgehead atoms. The second-order valence-electron chi connectivity index (χ2n) is 1.01. The molecule has 0 radical (unpaired) electrons. The van der Waals surface area contributed by atoms with Crippen LogP contribution in [0.15, 0.2) is 0 Å². The van der Waals surface area contributed by atoms with Crippen LogP contribution in [0.4, 0.5) is 0 Å².